The summed E-state index contributed by atoms with van der Waals surface area (Å²) >= 11 is 0. The first-order valence-corrected chi connectivity index (χ1v) is 22.3. The normalized spacial score (nSPS) is 12.6. The second kappa shape index (κ2) is 42.8. The molecule has 0 N–H and O–H groups in total. The van der Waals surface area contributed by atoms with Crippen LogP contribution in [0.1, 0.15) is 207 Å². The molecule has 6 heteroatoms. The van der Waals surface area contributed by atoms with Gasteiger partial charge in [-0.1, -0.05) is 165 Å². The summed E-state index contributed by atoms with van der Waals surface area (Å²) in [5, 5.41) is 0. The molecule has 54 heavy (non-hydrogen) atoms. The molecule has 0 aromatic carbocycles. The number of hydrogen-bond donors (Lipinski definition) is 0. The van der Waals surface area contributed by atoms with E-state index in [1.807, 2.05) is 0 Å². The molecule has 0 fully saturated rings. The third kappa shape index (κ3) is 40.3. The van der Waals surface area contributed by atoms with Gasteiger partial charge in [-0.3, -0.25) is 14.4 Å². The number of hydrogen-bond acceptors (Lipinski definition) is 6. The van der Waals surface area contributed by atoms with Gasteiger partial charge < -0.3 is 14.2 Å². The van der Waals surface area contributed by atoms with Gasteiger partial charge in [0.05, 0.1) is 0 Å². The van der Waals surface area contributed by atoms with E-state index in [1.165, 1.54) is 44.9 Å². The highest BCUT2D eigenvalue weighted by Crippen LogP contribution is 2.12. The molecule has 0 saturated carbocycles. The van der Waals surface area contributed by atoms with Crippen LogP contribution in [0.25, 0.3) is 0 Å². The lowest BCUT2D eigenvalue weighted by molar-refractivity contribution is -0.167. The third-order valence-corrected chi connectivity index (χ3v) is 9.26. The van der Waals surface area contributed by atoms with Crippen LogP contribution in [0.4, 0.5) is 0 Å². The monoisotopic (exact) mass is 755 g/mol. The first-order valence-electron chi connectivity index (χ1n) is 22.3. The molecular formula is C48H82O6. The zero-order valence-corrected chi connectivity index (χ0v) is 35.2. The molecule has 0 amide bonds. The van der Waals surface area contributed by atoms with E-state index in [-0.39, 0.29) is 31.1 Å². The predicted octanol–water partition coefficient (Wildman–Crippen LogP) is 14.1. The SMILES string of the molecule is CC/C=C\C/C=C\C/C=C\CCCCCCCC(=O)OC(COC(=O)CCCCCCC)COC(=O)CCCCCCC/C=C\C/C=C\CCCCCC. The van der Waals surface area contributed by atoms with Crippen LogP contribution in [0.3, 0.4) is 0 Å². The fourth-order valence-electron chi connectivity index (χ4n) is 5.90. The third-order valence-electron chi connectivity index (χ3n) is 9.26. The van der Waals surface area contributed by atoms with Crippen molar-refractivity contribution in [1.82, 2.24) is 0 Å². The molecule has 0 aromatic heterocycles. The van der Waals surface area contributed by atoms with Crippen LogP contribution in [-0.2, 0) is 28.6 Å². The summed E-state index contributed by atoms with van der Waals surface area (Å²) in [6, 6.07) is 0. The van der Waals surface area contributed by atoms with E-state index in [0.29, 0.717) is 19.3 Å². The van der Waals surface area contributed by atoms with E-state index in [1.54, 1.807) is 0 Å². The lowest BCUT2D eigenvalue weighted by Gasteiger charge is -2.18. The van der Waals surface area contributed by atoms with Crippen LogP contribution in [0.2, 0.25) is 0 Å². The summed E-state index contributed by atoms with van der Waals surface area (Å²) < 4.78 is 16.6. The number of rotatable bonds is 39. The summed E-state index contributed by atoms with van der Waals surface area (Å²) in [4.78, 5) is 37.5. The van der Waals surface area contributed by atoms with Crippen LogP contribution in [0, 0.1) is 0 Å². The fraction of sp³-hybridized carbons (Fsp3) is 0.729. The van der Waals surface area contributed by atoms with Crippen molar-refractivity contribution in [2.24, 2.45) is 0 Å². The van der Waals surface area contributed by atoms with Crippen LogP contribution in [-0.4, -0.2) is 37.2 Å². The van der Waals surface area contributed by atoms with Gasteiger partial charge in [0.15, 0.2) is 6.10 Å². The van der Waals surface area contributed by atoms with Gasteiger partial charge in [-0.2, -0.15) is 0 Å². The second-order valence-electron chi connectivity index (χ2n) is 14.6. The second-order valence-corrected chi connectivity index (χ2v) is 14.6. The highest BCUT2D eigenvalue weighted by Gasteiger charge is 2.19. The average molecular weight is 755 g/mol. The molecule has 310 valence electrons. The van der Waals surface area contributed by atoms with Gasteiger partial charge in [-0.15, -0.1) is 0 Å². The first kappa shape index (κ1) is 51.1. The summed E-state index contributed by atoms with van der Waals surface area (Å²) in [6.07, 6.45) is 50.9. The number of carbonyl (C=O) groups is 3. The van der Waals surface area contributed by atoms with E-state index in [2.05, 4.69) is 81.5 Å². The summed E-state index contributed by atoms with van der Waals surface area (Å²) in [5.74, 6) is -0.937. The van der Waals surface area contributed by atoms with Gasteiger partial charge in [0.1, 0.15) is 13.2 Å². The molecule has 0 saturated heterocycles. The maximum atomic E-state index is 12.7. The van der Waals surface area contributed by atoms with Crippen molar-refractivity contribution in [2.45, 2.75) is 213 Å². The van der Waals surface area contributed by atoms with Crippen molar-refractivity contribution in [3.63, 3.8) is 0 Å². The number of ether oxygens (including phenoxy) is 3. The van der Waals surface area contributed by atoms with Crippen molar-refractivity contribution >= 4 is 17.9 Å². The number of carbonyl (C=O) groups excluding carboxylic acids is 3. The molecule has 0 aliphatic carbocycles. The molecule has 0 aliphatic rings. The summed E-state index contributed by atoms with van der Waals surface area (Å²) in [6.45, 7) is 6.38. The molecular weight excluding hydrogens is 673 g/mol. The summed E-state index contributed by atoms with van der Waals surface area (Å²) in [5.41, 5.74) is 0. The highest BCUT2D eigenvalue weighted by atomic mass is 16.6. The molecule has 1 atom stereocenters. The largest absolute Gasteiger partial charge is 0.462 e. The smallest absolute Gasteiger partial charge is 0.306 e. The predicted molar refractivity (Wildman–Crippen MR) is 228 cm³/mol. The molecule has 0 spiro atoms. The standard InChI is InChI=1S/C48H82O6/c1-4-7-10-13-15-17-19-21-23-25-26-28-30-32-35-38-41-47(50)53-44-45(43-52-46(49)40-37-34-12-9-6-3)54-48(51)42-39-36-33-31-29-27-24-22-20-18-16-14-11-8-5-2/h8,11,16-19,22-25,45H,4-7,9-10,12-15,20-21,26-44H2,1-3H3/b11-8-,18-16-,19-17-,24-22-,25-23-. The lowest BCUT2D eigenvalue weighted by atomic mass is 10.1. The zero-order chi connectivity index (χ0) is 39.4. The summed E-state index contributed by atoms with van der Waals surface area (Å²) in [7, 11) is 0. The van der Waals surface area contributed by atoms with E-state index in [9.17, 15) is 14.4 Å². The lowest BCUT2D eigenvalue weighted by Crippen LogP contribution is -2.30. The quantitative estimate of drug-likeness (QED) is 0.0269. The molecule has 1 unspecified atom stereocenters. The number of unbranched alkanes of at least 4 members (excludes halogenated alkanes) is 18. The van der Waals surface area contributed by atoms with Crippen molar-refractivity contribution in [3.8, 4) is 0 Å². The van der Waals surface area contributed by atoms with E-state index < -0.39 is 6.10 Å². The Bertz CT molecular complexity index is 1010. The Kier molecular flexibility index (Phi) is 40.6. The highest BCUT2D eigenvalue weighted by molar-refractivity contribution is 5.71. The molecule has 0 rings (SSSR count). The van der Waals surface area contributed by atoms with E-state index in [0.717, 1.165) is 122 Å². The van der Waals surface area contributed by atoms with Gasteiger partial charge in [0.2, 0.25) is 0 Å². The molecule has 0 bridgehead atoms. The van der Waals surface area contributed by atoms with Crippen LogP contribution in [0.5, 0.6) is 0 Å². The topological polar surface area (TPSA) is 78.9 Å². The Morgan fingerprint density at radius 1 is 0.389 bits per heavy atom. The van der Waals surface area contributed by atoms with Crippen molar-refractivity contribution < 1.29 is 28.6 Å². The Morgan fingerprint density at radius 2 is 0.722 bits per heavy atom. The molecule has 0 aromatic rings. The van der Waals surface area contributed by atoms with Gasteiger partial charge in [-0.05, 0) is 83.5 Å². The van der Waals surface area contributed by atoms with Crippen LogP contribution >= 0.6 is 0 Å². The fourth-order valence-corrected chi connectivity index (χ4v) is 5.90. The van der Waals surface area contributed by atoms with Crippen molar-refractivity contribution in [1.29, 1.82) is 0 Å². The van der Waals surface area contributed by atoms with Crippen LogP contribution in [0.15, 0.2) is 60.8 Å². The Hall–Kier alpha value is -2.89. The van der Waals surface area contributed by atoms with Crippen LogP contribution < -0.4 is 0 Å². The molecule has 0 aliphatic heterocycles. The van der Waals surface area contributed by atoms with E-state index >= 15 is 0 Å². The Morgan fingerprint density at radius 3 is 1.15 bits per heavy atom. The van der Waals surface area contributed by atoms with E-state index in [4.69, 9.17) is 14.2 Å². The maximum Gasteiger partial charge on any atom is 0.306 e. The minimum Gasteiger partial charge on any atom is -0.462 e. The molecule has 0 radical (unpaired) electrons. The first-order chi connectivity index (χ1) is 26.5. The molecule has 6 nitrogen and oxygen atoms in total. The average Bonchev–Trinajstić information content (AvgIpc) is 3.17. The maximum absolute atomic E-state index is 12.7. The number of allylic oxidation sites excluding steroid dienone is 10. The van der Waals surface area contributed by atoms with Gasteiger partial charge >= 0.3 is 17.9 Å². The van der Waals surface area contributed by atoms with Crippen molar-refractivity contribution in [2.75, 3.05) is 13.2 Å². The Labute approximate surface area is 332 Å². The van der Waals surface area contributed by atoms with Gasteiger partial charge in [0.25, 0.3) is 0 Å². The number of esters is 3. The minimum absolute atomic E-state index is 0.0875. The van der Waals surface area contributed by atoms with Gasteiger partial charge in [0, 0.05) is 19.3 Å². The van der Waals surface area contributed by atoms with Gasteiger partial charge in [-0.25, -0.2) is 0 Å². The minimum atomic E-state index is -0.783. The van der Waals surface area contributed by atoms with Crippen molar-refractivity contribution in [3.05, 3.63) is 60.8 Å². The zero-order valence-electron chi connectivity index (χ0n) is 35.2. The Balaban J connectivity index is 4.29. The molecule has 0 heterocycles.